The Hall–Kier alpha value is -3.37. The second kappa shape index (κ2) is 21.5. The van der Waals surface area contributed by atoms with E-state index >= 15 is 0 Å². The minimum atomic E-state index is -1.28. The van der Waals surface area contributed by atoms with E-state index in [1.165, 1.54) is 0 Å². The molecule has 1 aliphatic rings. The van der Waals surface area contributed by atoms with Crippen molar-refractivity contribution in [3.63, 3.8) is 0 Å². The van der Waals surface area contributed by atoms with Crippen LogP contribution < -0.4 is 10.6 Å². The van der Waals surface area contributed by atoms with Gasteiger partial charge >= 0.3 is 0 Å². The highest BCUT2D eigenvalue weighted by Crippen LogP contribution is 2.29. The number of carbonyl (C=O) groups excluding carboxylic acids is 3. The third-order valence-electron chi connectivity index (χ3n) is 9.60. The summed E-state index contributed by atoms with van der Waals surface area (Å²) in [7, 11) is 1.75. The lowest BCUT2D eigenvalue weighted by atomic mass is 9.82. The summed E-state index contributed by atoms with van der Waals surface area (Å²) in [6, 6.07) is 7.61. The van der Waals surface area contributed by atoms with Crippen LogP contribution in [0.3, 0.4) is 0 Å². The lowest BCUT2D eigenvalue weighted by molar-refractivity contribution is -0.137. The van der Waals surface area contributed by atoms with Gasteiger partial charge < -0.3 is 30.6 Å². The quantitative estimate of drug-likeness (QED) is 0.161. The van der Waals surface area contributed by atoms with Gasteiger partial charge in [0, 0.05) is 38.9 Å². The van der Waals surface area contributed by atoms with Crippen molar-refractivity contribution in [2.24, 2.45) is 17.8 Å². The van der Waals surface area contributed by atoms with Gasteiger partial charge in [-0.2, -0.15) is 0 Å². The fraction of sp³-hybridized carbons (Fsp3) is 0.658. The van der Waals surface area contributed by atoms with Gasteiger partial charge in [0.25, 0.3) is 0 Å². The van der Waals surface area contributed by atoms with Gasteiger partial charge in [0.05, 0.1) is 18.1 Å². The summed E-state index contributed by atoms with van der Waals surface area (Å²) in [5.74, 6) is 2.82. The van der Waals surface area contributed by atoms with Crippen LogP contribution in [-0.2, 0) is 20.8 Å². The van der Waals surface area contributed by atoms with Crippen LogP contribution in [0.5, 0.6) is 0 Å². The topological polar surface area (TPSA) is 122 Å². The number of aliphatic hydroxyl groups excluding tert-OH is 2. The first kappa shape index (κ1) is 39.8. The molecule has 1 aliphatic carbocycles. The van der Waals surface area contributed by atoms with Crippen LogP contribution in [0.1, 0.15) is 84.1 Å². The minimum Gasteiger partial charge on any atom is -0.389 e. The number of likely N-dealkylation sites (N-methyl/N-ethyl adjacent to an activating group) is 2. The van der Waals surface area contributed by atoms with E-state index < -0.39 is 47.9 Å². The number of rotatable bonds is 20. The number of carbonyl (C=O) groups is 3. The largest absolute Gasteiger partial charge is 0.389 e. The molecule has 0 spiro atoms. The molecule has 0 heterocycles. The van der Waals surface area contributed by atoms with E-state index in [9.17, 15) is 24.6 Å². The molecule has 6 atom stereocenters. The SMILES string of the molecule is C#CCC(O)C(O)C(CC1CCCCC1)NC(=O)C(NC(=O)C(CC(=O)N(C)CCN(CC)CC)Cc1ccccc1)C(C#C)CC. The zero-order valence-corrected chi connectivity index (χ0v) is 29.0. The normalized spacial score (nSPS) is 17.3. The summed E-state index contributed by atoms with van der Waals surface area (Å²) in [5.41, 5.74) is 0.898. The Bertz CT molecular complexity index is 1170. The second-order valence-corrected chi connectivity index (χ2v) is 12.9. The van der Waals surface area contributed by atoms with E-state index in [4.69, 9.17) is 12.8 Å². The Kier molecular flexibility index (Phi) is 18.2. The highest BCUT2D eigenvalue weighted by molar-refractivity contribution is 5.91. The van der Waals surface area contributed by atoms with Gasteiger partial charge in [0.2, 0.25) is 17.7 Å². The average Bonchev–Trinajstić information content (AvgIpc) is 3.08. The molecule has 4 N–H and O–H groups in total. The molecule has 0 aliphatic heterocycles. The second-order valence-electron chi connectivity index (χ2n) is 12.9. The van der Waals surface area contributed by atoms with Crippen molar-refractivity contribution in [1.82, 2.24) is 20.4 Å². The first-order chi connectivity index (χ1) is 22.6. The molecule has 47 heavy (non-hydrogen) atoms. The van der Waals surface area contributed by atoms with E-state index in [0.29, 0.717) is 25.8 Å². The smallest absolute Gasteiger partial charge is 0.244 e. The van der Waals surface area contributed by atoms with E-state index in [2.05, 4.69) is 41.2 Å². The molecule has 9 heteroatoms. The predicted molar refractivity (Wildman–Crippen MR) is 187 cm³/mol. The van der Waals surface area contributed by atoms with Gasteiger partial charge in [-0.05, 0) is 43.8 Å². The van der Waals surface area contributed by atoms with Crippen LogP contribution in [0.25, 0.3) is 0 Å². The minimum absolute atomic E-state index is 0.0298. The molecule has 3 amide bonds. The van der Waals surface area contributed by atoms with Crippen LogP contribution in [0.15, 0.2) is 30.3 Å². The van der Waals surface area contributed by atoms with Gasteiger partial charge in [0.15, 0.2) is 0 Å². The molecule has 0 saturated heterocycles. The standard InChI is InChI=1S/C38H58N4O5/c1-7-18-33(43)36(45)32(26-29-21-16-13-17-22-29)39-38(47)35(30(8-2)9-3)40-37(46)31(25-28-19-14-12-15-20-28)27-34(44)41(6)23-24-42(10-4)11-5/h1-2,12,14-15,19-20,29-33,35-36,43,45H,9-11,13,16-18,21-27H2,3-6H3,(H,39,47)(H,40,46). The number of benzene rings is 1. The molecular formula is C38H58N4O5. The Morgan fingerprint density at radius 2 is 1.62 bits per heavy atom. The molecule has 1 aromatic rings. The van der Waals surface area contributed by atoms with Gasteiger partial charge in [-0.15, -0.1) is 24.7 Å². The monoisotopic (exact) mass is 650 g/mol. The fourth-order valence-electron chi connectivity index (χ4n) is 6.40. The fourth-order valence-corrected chi connectivity index (χ4v) is 6.40. The third kappa shape index (κ3) is 13.3. The first-order valence-electron chi connectivity index (χ1n) is 17.4. The molecule has 1 saturated carbocycles. The van der Waals surface area contributed by atoms with Crippen molar-refractivity contribution in [3.05, 3.63) is 35.9 Å². The number of hydrogen-bond donors (Lipinski definition) is 4. The van der Waals surface area contributed by atoms with Crippen LogP contribution in [0.4, 0.5) is 0 Å². The van der Waals surface area contributed by atoms with E-state index in [1.54, 1.807) is 11.9 Å². The van der Waals surface area contributed by atoms with Gasteiger partial charge in [-0.1, -0.05) is 83.2 Å². The summed E-state index contributed by atoms with van der Waals surface area (Å²) in [5, 5.41) is 27.5. The molecule has 9 nitrogen and oxygen atoms in total. The number of terminal acetylenes is 2. The highest BCUT2D eigenvalue weighted by atomic mass is 16.3. The molecule has 0 radical (unpaired) electrons. The molecule has 1 aromatic carbocycles. The number of amides is 3. The number of nitrogens with zero attached hydrogens (tertiary/aromatic N) is 2. The molecule has 2 rings (SSSR count). The Labute approximate surface area is 283 Å². The maximum Gasteiger partial charge on any atom is 0.244 e. The predicted octanol–water partition coefficient (Wildman–Crippen LogP) is 3.38. The van der Waals surface area contributed by atoms with Crippen molar-refractivity contribution in [2.45, 2.75) is 109 Å². The Balaban J connectivity index is 2.30. The summed E-state index contributed by atoms with van der Waals surface area (Å²) in [4.78, 5) is 45.2. The highest BCUT2D eigenvalue weighted by Gasteiger charge is 2.36. The van der Waals surface area contributed by atoms with Crippen molar-refractivity contribution in [1.29, 1.82) is 0 Å². The number of aliphatic hydroxyl groups is 2. The Morgan fingerprint density at radius 1 is 0.957 bits per heavy atom. The van der Waals surface area contributed by atoms with Gasteiger partial charge in [0.1, 0.15) is 12.1 Å². The number of nitrogens with one attached hydrogen (secondary N) is 2. The lowest BCUT2D eigenvalue weighted by Crippen LogP contribution is -2.57. The van der Waals surface area contributed by atoms with Crippen LogP contribution >= 0.6 is 0 Å². The average molecular weight is 651 g/mol. The van der Waals surface area contributed by atoms with Crippen molar-refractivity contribution in [2.75, 3.05) is 33.2 Å². The maximum absolute atomic E-state index is 14.0. The Morgan fingerprint density at radius 3 is 2.19 bits per heavy atom. The van der Waals surface area contributed by atoms with E-state index in [-0.39, 0.29) is 24.7 Å². The van der Waals surface area contributed by atoms with Crippen LogP contribution in [0.2, 0.25) is 0 Å². The molecule has 0 aromatic heterocycles. The molecule has 6 unspecified atom stereocenters. The van der Waals surface area contributed by atoms with Crippen LogP contribution in [0, 0.1) is 42.4 Å². The number of hydrogen-bond acceptors (Lipinski definition) is 6. The lowest BCUT2D eigenvalue weighted by Gasteiger charge is -2.34. The first-order valence-corrected chi connectivity index (χ1v) is 17.4. The zero-order chi connectivity index (χ0) is 34.8. The maximum atomic E-state index is 14.0. The van der Waals surface area contributed by atoms with Gasteiger partial charge in [-0.25, -0.2) is 0 Å². The summed E-state index contributed by atoms with van der Waals surface area (Å²) >= 11 is 0. The summed E-state index contributed by atoms with van der Waals surface area (Å²) in [6.45, 7) is 9.05. The zero-order valence-electron chi connectivity index (χ0n) is 29.0. The van der Waals surface area contributed by atoms with E-state index in [1.807, 2.05) is 37.3 Å². The van der Waals surface area contributed by atoms with Crippen molar-refractivity contribution < 1.29 is 24.6 Å². The molecule has 0 bridgehead atoms. The summed E-state index contributed by atoms with van der Waals surface area (Å²) in [6.07, 6.45) is 15.2. The molecular weight excluding hydrogens is 592 g/mol. The van der Waals surface area contributed by atoms with Crippen molar-refractivity contribution >= 4 is 17.7 Å². The van der Waals surface area contributed by atoms with Crippen LogP contribution in [-0.4, -0.2) is 95.3 Å². The van der Waals surface area contributed by atoms with E-state index in [0.717, 1.165) is 57.3 Å². The van der Waals surface area contributed by atoms with Crippen molar-refractivity contribution in [3.8, 4) is 24.7 Å². The summed E-state index contributed by atoms with van der Waals surface area (Å²) < 4.78 is 0. The molecule has 260 valence electrons. The third-order valence-corrected chi connectivity index (χ3v) is 9.60. The van der Waals surface area contributed by atoms with Gasteiger partial charge in [-0.3, -0.25) is 14.4 Å². The molecule has 1 fully saturated rings.